The second kappa shape index (κ2) is 7.77. The van der Waals surface area contributed by atoms with Gasteiger partial charge in [-0.25, -0.2) is 0 Å². The Morgan fingerprint density at radius 3 is 2.07 bits per heavy atom. The number of carbonyl (C=O) groups is 2. The normalized spacial score (nSPS) is 12.0. The Balaban J connectivity index is 4.27. The molecule has 4 nitrogen and oxygen atoms in total. The third kappa shape index (κ3) is 5.85. The average Bonchev–Trinajstić information content (AvgIpc) is 2.15. The van der Waals surface area contributed by atoms with Gasteiger partial charge in [-0.15, -0.1) is 23.2 Å². The van der Waals surface area contributed by atoms with Gasteiger partial charge in [-0.2, -0.15) is 0 Å². The highest BCUT2D eigenvalue weighted by Crippen LogP contribution is 1.97. The summed E-state index contributed by atoms with van der Waals surface area (Å²) in [6.07, 6.45) is 0. The molecule has 0 aromatic carbocycles. The van der Waals surface area contributed by atoms with Gasteiger partial charge in [0.1, 0.15) is 6.04 Å². The molecule has 0 bridgehead atoms. The van der Waals surface area contributed by atoms with E-state index in [4.69, 9.17) is 23.2 Å². The van der Waals surface area contributed by atoms with Crippen LogP contribution in [0.3, 0.4) is 0 Å². The van der Waals surface area contributed by atoms with E-state index in [0.717, 1.165) is 0 Å². The lowest BCUT2D eigenvalue weighted by Crippen LogP contribution is -2.47. The van der Waals surface area contributed by atoms with Crippen molar-refractivity contribution in [1.29, 1.82) is 0 Å². The molecule has 0 saturated heterocycles. The van der Waals surface area contributed by atoms with E-state index in [9.17, 15) is 9.59 Å². The Morgan fingerprint density at radius 2 is 1.73 bits per heavy atom. The Hall–Kier alpha value is -0.480. The van der Waals surface area contributed by atoms with Crippen LogP contribution in [0.2, 0.25) is 0 Å². The van der Waals surface area contributed by atoms with Gasteiger partial charge in [-0.05, 0) is 6.92 Å². The number of nitrogens with one attached hydrogen (secondary N) is 1. The molecule has 88 valence electrons. The number of rotatable bonds is 6. The van der Waals surface area contributed by atoms with E-state index < -0.39 is 6.04 Å². The monoisotopic (exact) mass is 254 g/mol. The van der Waals surface area contributed by atoms with E-state index in [1.54, 1.807) is 11.8 Å². The number of halogens is 2. The summed E-state index contributed by atoms with van der Waals surface area (Å²) in [6, 6.07) is -0.533. The molecule has 0 aromatic rings. The summed E-state index contributed by atoms with van der Waals surface area (Å²) in [5.41, 5.74) is 0. The molecule has 0 radical (unpaired) electrons. The van der Waals surface area contributed by atoms with E-state index in [1.807, 2.05) is 0 Å². The number of carbonyl (C=O) groups excluding carboxylic acids is 2. The van der Waals surface area contributed by atoms with Crippen LogP contribution in [0.1, 0.15) is 13.8 Å². The van der Waals surface area contributed by atoms with E-state index in [1.165, 1.54) is 6.92 Å². The van der Waals surface area contributed by atoms with E-state index in [0.29, 0.717) is 24.8 Å². The summed E-state index contributed by atoms with van der Waals surface area (Å²) in [5, 5.41) is 2.52. The molecule has 0 fully saturated rings. The molecule has 0 aliphatic rings. The van der Waals surface area contributed by atoms with Gasteiger partial charge >= 0.3 is 0 Å². The molecule has 1 N–H and O–H groups in total. The largest absolute Gasteiger partial charge is 0.345 e. The first kappa shape index (κ1) is 14.5. The summed E-state index contributed by atoms with van der Waals surface area (Å²) in [7, 11) is 0. The van der Waals surface area contributed by atoms with Gasteiger partial charge in [0.25, 0.3) is 0 Å². The zero-order valence-electron chi connectivity index (χ0n) is 8.93. The van der Waals surface area contributed by atoms with Crippen molar-refractivity contribution in [3.8, 4) is 0 Å². The van der Waals surface area contributed by atoms with Crippen LogP contribution in [-0.2, 0) is 9.59 Å². The first-order valence-corrected chi connectivity index (χ1v) is 5.77. The van der Waals surface area contributed by atoms with Crippen LogP contribution < -0.4 is 5.32 Å². The van der Waals surface area contributed by atoms with Crippen LogP contribution in [0.15, 0.2) is 0 Å². The predicted molar refractivity (Wildman–Crippen MR) is 61.3 cm³/mol. The Kier molecular flexibility index (Phi) is 7.52. The summed E-state index contributed by atoms with van der Waals surface area (Å²) in [6.45, 7) is 3.89. The zero-order chi connectivity index (χ0) is 11.8. The highest BCUT2D eigenvalue weighted by Gasteiger charge is 2.19. The van der Waals surface area contributed by atoms with Crippen molar-refractivity contribution in [2.45, 2.75) is 19.9 Å². The minimum Gasteiger partial charge on any atom is -0.345 e. The van der Waals surface area contributed by atoms with Gasteiger partial charge in [0.2, 0.25) is 11.8 Å². The molecular weight excluding hydrogens is 239 g/mol. The first-order valence-electron chi connectivity index (χ1n) is 4.70. The molecule has 0 rings (SSSR count). The number of amides is 2. The lowest BCUT2D eigenvalue weighted by atomic mass is 10.3. The van der Waals surface area contributed by atoms with Crippen molar-refractivity contribution in [1.82, 2.24) is 10.2 Å². The van der Waals surface area contributed by atoms with Gasteiger partial charge in [-0.1, -0.05) is 0 Å². The molecule has 6 heteroatoms. The number of hydrogen-bond donors (Lipinski definition) is 1. The number of hydrogen-bond acceptors (Lipinski definition) is 2. The second-order valence-electron chi connectivity index (χ2n) is 3.13. The molecule has 1 atom stereocenters. The van der Waals surface area contributed by atoms with Crippen molar-refractivity contribution in [2.24, 2.45) is 0 Å². The van der Waals surface area contributed by atoms with Gasteiger partial charge in [0.05, 0.1) is 0 Å². The van der Waals surface area contributed by atoms with Crippen molar-refractivity contribution in [3.63, 3.8) is 0 Å². The quantitative estimate of drug-likeness (QED) is 0.714. The maximum absolute atomic E-state index is 11.8. The lowest BCUT2D eigenvalue weighted by Gasteiger charge is -2.24. The SMILES string of the molecule is CC(=O)NC(C)C(=O)N(CCCl)CCCl. The van der Waals surface area contributed by atoms with Gasteiger partial charge in [0.15, 0.2) is 0 Å². The third-order valence-electron chi connectivity index (χ3n) is 1.81. The highest BCUT2D eigenvalue weighted by molar-refractivity contribution is 6.18. The first-order chi connectivity index (χ1) is 7.02. The summed E-state index contributed by atoms with van der Waals surface area (Å²) in [4.78, 5) is 24.1. The Morgan fingerprint density at radius 1 is 1.27 bits per heavy atom. The predicted octanol–water partition coefficient (Wildman–Crippen LogP) is 0.817. The molecule has 1 unspecified atom stereocenters. The Labute approximate surface area is 99.9 Å². The van der Waals surface area contributed by atoms with Gasteiger partial charge < -0.3 is 10.2 Å². The van der Waals surface area contributed by atoms with Crippen molar-refractivity contribution < 1.29 is 9.59 Å². The molecule has 0 saturated carbocycles. The molecule has 0 spiro atoms. The van der Waals surface area contributed by atoms with Crippen LogP contribution >= 0.6 is 23.2 Å². The molecule has 15 heavy (non-hydrogen) atoms. The minimum atomic E-state index is -0.533. The maximum atomic E-state index is 11.8. The Bertz CT molecular complexity index is 218. The van der Waals surface area contributed by atoms with Crippen LogP contribution in [0.25, 0.3) is 0 Å². The van der Waals surface area contributed by atoms with Gasteiger partial charge in [-0.3, -0.25) is 9.59 Å². The standard InChI is InChI=1S/C9H16Cl2N2O2/c1-7(12-8(2)14)9(15)13(5-3-10)6-4-11/h7H,3-6H2,1-2H3,(H,12,14). The average molecular weight is 255 g/mol. The molecule has 0 aromatic heterocycles. The lowest BCUT2D eigenvalue weighted by molar-refractivity contribution is -0.135. The minimum absolute atomic E-state index is 0.161. The molecule has 0 aliphatic heterocycles. The van der Waals surface area contributed by atoms with Gasteiger partial charge in [0, 0.05) is 31.8 Å². The smallest absolute Gasteiger partial charge is 0.244 e. The fraction of sp³-hybridized carbons (Fsp3) is 0.778. The molecule has 0 aliphatic carbocycles. The van der Waals surface area contributed by atoms with E-state index in [-0.39, 0.29) is 11.8 Å². The van der Waals surface area contributed by atoms with E-state index in [2.05, 4.69) is 5.32 Å². The number of nitrogens with zero attached hydrogens (tertiary/aromatic N) is 1. The fourth-order valence-electron chi connectivity index (χ4n) is 1.18. The maximum Gasteiger partial charge on any atom is 0.244 e. The topological polar surface area (TPSA) is 49.4 Å². The molecule has 2 amide bonds. The summed E-state index contributed by atoms with van der Waals surface area (Å²) >= 11 is 11.1. The van der Waals surface area contributed by atoms with Crippen molar-refractivity contribution in [2.75, 3.05) is 24.8 Å². The van der Waals surface area contributed by atoms with Crippen LogP contribution in [0, 0.1) is 0 Å². The molecule has 0 heterocycles. The second-order valence-corrected chi connectivity index (χ2v) is 3.88. The van der Waals surface area contributed by atoms with Crippen molar-refractivity contribution in [3.05, 3.63) is 0 Å². The fourth-order valence-corrected chi connectivity index (χ4v) is 1.58. The van der Waals surface area contributed by atoms with Crippen molar-refractivity contribution >= 4 is 35.0 Å². The van der Waals surface area contributed by atoms with Crippen LogP contribution in [0.5, 0.6) is 0 Å². The zero-order valence-corrected chi connectivity index (χ0v) is 10.4. The summed E-state index contributed by atoms with van der Waals surface area (Å²) < 4.78 is 0. The van der Waals surface area contributed by atoms with Crippen LogP contribution in [0.4, 0.5) is 0 Å². The summed E-state index contributed by atoms with van der Waals surface area (Å²) in [5.74, 6) is 0.323. The highest BCUT2D eigenvalue weighted by atomic mass is 35.5. The van der Waals surface area contributed by atoms with E-state index >= 15 is 0 Å². The third-order valence-corrected chi connectivity index (χ3v) is 2.15. The number of alkyl halides is 2. The van der Waals surface area contributed by atoms with Crippen LogP contribution in [-0.4, -0.2) is 47.6 Å². The molecular formula is C9H16Cl2N2O2.